The predicted octanol–water partition coefficient (Wildman–Crippen LogP) is -1.56. The van der Waals surface area contributed by atoms with Crippen molar-refractivity contribution in [2.45, 2.75) is 6.42 Å². The smallest absolute Gasteiger partial charge is 0.323 e. The fourth-order valence-corrected chi connectivity index (χ4v) is 0.417. The number of nitrogens with one attached hydrogen (secondary N) is 1. The first-order valence-electron chi connectivity index (χ1n) is 3.87. The lowest BCUT2D eigenvalue weighted by atomic mass is 10.5. The van der Waals surface area contributed by atoms with Crippen LogP contribution in [-0.2, 0) is 14.4 Å². The molecule has 0 saturated carbocycles. The van der Waals surface area contributed by atoms with Crippen LogP contribution in [0.1, 0.15) is 6.42 Å². The minimum atomic E-state index is -1.31. The topological polar surface area (TPSA) is 165 Å². The summed E-state index contributed by atoms with van der Waals surface area (Å²) in [6, 6.07) is 0. The third-order valence-electron chi connectivity index (χ3n) is 1.09. The average Bonchev–Trinajstić information content (AvgIpc) is 2.00. The molecule has 0 radical (unpaired) electrons. The Morgan fingerprint density at radius 3 is 1.56 bits per heavy atom. The summed E-state index contributed by atoms with van der Waals surface area (Å²) >= 11 is 0. The summed E-state index contributed by atoms with van der Waals surface area (Å²) in [5, 5.41) is 30.3. The van der Waals surface area contributed by atoms with Crippen LogP contribution in [0.5, 0.6) is 0 Å². The molecule has 0 heterocycles. The lowest BCUT2D eigenvalue weighted by Gasteiger charge is -2.12. The minimum absolute atomic E-state index is 0.227. The van der Waals surface area contributed by atoms with Gasteiger partial charge in [-0.1, -0.05) is 0 Å². The van der Waals surface area contributed by atoms with Crippen molar-refractivity contribution in [2.24, 2.45) is 5.73 Å². The second kappa shape index (κ2) is 8.03. The maximum absolute atomic E-state index is 9.92. The largest absolute Gasteiger partial charge is 0.481 e. The average molecular weight is 235 g/mol. The fraction of sp³-hybridized carbons (Fsp3) is 0.429. The van der Waals surface area contributed by atoms with Crippen LogP contribution in [0, 0.1) is 5.41 Å². The van der Waals surface area contributed by atoms with Crippen LogP contribution in [0.25, 0.3) is 0 Å². The van der Waals surface area contributed by atoms with Crippen LogP contribution in [-0.4, -0.2) is 57.7 Å². The van der Waals surface area contributed by atoms with Crippen molar-refractivity contribution in [1.82, 2.24) is 4.90 Å². The first-order valence-corrected chi connectivity index (χ1v) is 3.87. The Bertz CT molecular complexity index is 278. The molecule has 16 heavy (non-hydrogen) atoms. The van der Waals surface area contributed by atoms with Gasteiger partial charge in [0, 0.05) is 7.05 Å². The number of rotatable bonds is 4. The van der Waals surface area contributed by atoms with Gasteiger partial charge in [0.05, 0.1) is 0 Å². The number of hydrogen-bond donors (Lipinski definition) is 5. The van der Waals surface area contributed by atoms with Crippen molar-refractivity contribution in [3.8, 4) is 0 Å². The number of aliphatic carboxylic acids is 3. The van der Waals surface area contributed by atoms with Gasteiger partial charge in [0.2, 0.25) is 0 Å². The Kier molecular flexibility index (Phi) is 8.09. The number of guanidine groups is 1. The predicted molar refractivity (Wildman–Crippen MR) is 52.1 cm³/mol. The molecule has 0 unspecified atom stereocenters. The zero-order valence-electron chi connectivity index (χ0n) is 8.51. The molecule has 6 N–H and O–H groups in total. The maximum atomic E-state index is 9.92. The van der Waals surface area contributed by atoms with Gasteiger partial charge >= 0.3 is 17.9 Å². The van der Waals surface area contributed by atoms with Crippen LogP contribution in [0.15, 0.2) is 0 Å². The molecule has 0 aliphatic rings. The molecule has 0 aromatic carbocycles. The highest BCUT2D eigenvalue weighted by Crippen LogP contribution is 1.76. The molecule has 92 valence electrons. The van der Waals surface area contributed by atoms with Crippen LogP contribution >= 0.6 is 0 Å². The molecular formula is C7H13N3O6. The van der Waals surface area contributed by atoms with Crippen molar-refractivity contribution in [2.75, 3.05) is 13.6 Å². The van der Waals surface area contributed by atoms with Crippen LogP contribution in [0.4, 0.5) is 0 Å². The van der Waals surface area contributed by atoms with Crippen molar-refractivity contribution in [1.29, 1.82) is 5.41 Å². The Morgan fingerprint density at radius 2 is 1.50 bits per heavy atom. The monoisotopic (exact) mass is 235 g/mol. The lowest BCUT2D eigenvalue weighted by Crippen LogP contribution is -2.36. The highest BCUT2D eigenvalue weighted by molar-refractivity contribution is 5.88. The number of hydrogen-bond acceptors (Lipinski definition) is 4. The molecule has 0 aliphatic carbocycles. The third kappa shape index (κ3) is 14.2. The second-order valence-corrected chi connectivity index (χ2v) is 2.60. The summed E-state index contributed by atoms with van der Waals surface area (Å²) in [4.78, 5) is 29.9. The Labute approximate surface area is 90.6 Å². The summed E-state index contributed by atoms with van der Waals surface area (Å²) in [5.74, 6) is -3.86. The molecule has 0 rings (SSSR count). The lowest BCUT2D eigenvalue weighted by molar-refractivity contribution is -0.147. The molecule has 9 heteroatoms. The molecule has 0 aliphatic heterocycles. The summed E-state index contributed by atoms with van der Waals surface area (Å²) < 4.78 is 0. The van der Waals surface area contributed by atoms with Gasteiger partial charge in [0.25, 0.3) is 0 Å². The van der Waals surface area contributed by atoms with E-state index in [1.807, 2.05) is 0 Å². The molecule has 0 aromatic heterocycles. The SMILES string of the molecule is CN(CC(=O)O)C(=N)N.O=C(O)CC(=O)O. The summed E-state index contributed by atoms with van der Waals surface area (Å²) in [7, 11) is 1.44. The molecule has 0 saturated heterocycles. The number of likely N-dealkylation sites (N-methyl/N-ethyl adjacent to an activating group) is 1. The van der Waals surface area contributed by atoms with Gasteiger partial charge in [-0.25, -0.2) is 0 Å². The molecule has 0 fully saturated rings. The van der Waals surface area contributed by atoms with E-state index in [0.717, 1.165) is 4.90 Å². The van der Waals surface area contributed by atoms with Crippen molar-refractivity contribution in [3.05, 3.63) is 0 Å². The Hall–Kier alpha value is -2.32. The van der Waals surface area contributed by atoms with E-state index in [0.29, 0.717) is 0 Å². The molecule has 0 amide bonds. The standard InChI is InChI=1S/C4H9N3O2.C3H4O4/c1-7(4(5)6)2-3(8)9;4-2(5)1-3(6)7/h2H2,1H3,(H3,5,6)(H,8,9);1H2,(H,4,5)(H,6,7). The van der Waals surface area contributed by atoms with E-state index in [9.17, 15) is 14.4 Å². The molecule has 0 bridgehead atoms. The number of carbonyl (C=O) groups is 3. The molecule has 0 aromatic rings. The fourth-order valence-electron chi connectivity index (χ4n) is 0.417. The van der Waals surface area contributed by atoms with E-state index in [1.54, 1.807) is 0 Å². The minimum Gasteiger partial charge on any atom is -0.481 e. The van der Waals surface area contributed by atoms with Crippen LogP contribution in [0.2, 0.25) is 0 Å². The van der Waals surface area contributed by atoms with E-state index in [2.05, 4.69) is 0 Å². The highest BCUT2D eigenvalue weighted by atomic mass is 16.4. The van der Waals surface area contributed by atoms with E-state index >= 15 is 0 Å². The van der Waals surface area contributed by atoms with Crippen molar-refractivity contribution >= 4 is 23.9 Å². The van der Waals surface area contributed by atoms with Gasteiger partial charge in [0.1, 0.15) is 13.0 Å². The van der Waals surface area contributed by atoms with E-state index in [4.69, 9.17) is 26.5 Å². The summed E-state index contributed by atoms with van der Waals surface area (Å²) in [5.41, 5.74) is 4.93. The zero-order valence-corrected chi connectivity index (χ0v) is 8.51. The van der Waals surface area contributed by atoms with Gasteiger partial charge in [0.15, 0.2) is 5.96 Å². The maximum Gasteiger partial charge on any atom is 0.323 e. The van der Waals surface area contributed by atoms with Gasteiger partial charge in [-0.2, -0.15) is 0 Å². The van der Waals surface area contributed by atoms with Gasteiger partial charge < -0.3 is 26.0 Å². The number of nitrogens with zero attached hydrogens (tertiary/aromatic N) is 1. The highest BCUT2D eigenvalue weighted by Gasteiger charge is 2.03. The van der Waals surface area contributed by atoms with Gasteiger partial charge in [-0.3, -0.25) is 19.8 Å². The molecule has 9 nitrogen and oxygen atoms in total. The van der Waals surface area contributed by atoms with Crippen LogP contribution in [0.3, 0.4) is 0 Å². The van der Waals surface area contributed by atoms with Gasteiger partial charge in [-0.05, 0) is 0 Å². The van der Waals surface area contributed by atoms with Crippen molar-refractivity contribution < 1.29 is 29.7 Å². The third-order valence-corrected chi connectivity index (χ3v) is 1.09. The van der Waals surface area contributed by atoms with Gasteiger partial charge in [-0.15, -0.1) is 0 Å². The number of carboxylic acid groups (broad SMARTS) is 3. The first kappa shape index (κ1) is 16.1. The zero-order chi connectivity index (χ0) is 13.3. The Balaban J connectivity index is 0. The Morgan fingerprint density at radius 1 is 1.12 bits per heavy atom. The molecule has 0 spiro atoms. The van der Waals surface area contributed by atoms with Crippen LogP contribution < -0.4 is 5.73 Å². The van der Waals surface area contributed by atoms with E-state index in [1.165, 1.54) is 7.05 Å². The summed E-state index contributed by atoms with van der Waals surface area (Å²) in [6.07, 6.45) is -0.806. The second-order valence-electron chi connectivity index (χ2n) is 2.60. The number of carboxylic acids is 3. The number of nitrogens with two attached hydrogens (primary N) is 1. The normalized spacial score (nSPS) is 8.31. The summed E-state index contributed by atoms with van der Waals surface area (Å²) in [6.45, 7) is -0.227. The van der Waals surface area contributed by atoms with E-state index in [-0.39, 0.29) is 12.5 Å². The van der Waals surface area contributed by atoms with E-state index < -0.39 is 24.3 Å². The molecular weight excluding hydrogens is 222 g/mol. The quantitative estimate of drug-likeness (QED) is 0.221. The first-order chi connectivity index (χ1) is 7.16. The molecule has 0 atom stereocenters. The van der Waals surface area contributed by atoms with Crippen molar-refractivity contribution in [3.63, 3.8) is 0 Å².